The van der Waals surface area contributed by atoms with Gasteiger partial charge in [0.05, 0.1) is 5.56 Å². The number of nitrogens with zero attached hydrogens (tertiary/aromatic N) is 1. The van der Waals surface area contributed by atoms with Crippen LogP contribution in [0.2, 0.25) is 0 Å². The summed E-state index contributed by atoms with van der Waals surface area (Å²) in [5.74, 6) is -0.764. The quantitative estimate of drug-likeness (QED) is 0.627. The number of ether oxygens (including phenoxy) is 1. The number of nitrogens with one attached hydrogen (secondary N) is 1. The van der Waals surface area contributed by atoms with E-state index in [9.17, 15) is 9.59 Å². The normalized spacial score (nSPS) is 10.5. The Kier molecular flexibility index (Phi) is 6.18. The van der Waals surface area contributed by atoms with E-state index in [1.165, 1.54) is 0 Å². The van der Waals surface area contributed by atoms with Gasteiger partial charge in [-0.2, -0.15) is 0 Å². The molecule has 0 fully saturated rings. The molecular weight excluding hydrogens is 304 g/mol. The zero-order valence-electron chi connectivity index (χ0n) is 14.5. The van der Waals surface area contributed by atoms with Gasteiger partial charge in [0, 0.05) is 23.6 Å². The van der Waals surface area contributed by atoms with E-state index in [-0.39, 0.29) is 12.5 Å². The Morgan fingerprint density at radius 1 is 1.04 bits per heavy atom. The Morgan fingerprint density at radius 2 is 1.67 bits per heavy atom. The number of amides is 1. The lowest BCUT2D eigenvalue weighted by Crippen LogP contribution is -2.29. The Balaban J connectivity index is 1.93. The first-order valence-corrected chi connectivity index (χ1v) is 8.22. The molecule has 5 heteroatoms. The monoisotopic (exact) mass is 328 g/mol. The van der Waals surface area contributed by atoms with Crippen molar-refractivity contribution >= 4 is 11.9 Å². The van der Waals surface area contributed by atoms with Gasteiger partial charge in [0.2, 0.25) is 0 Å². The molecule has 0 aliphatic carbocycles. The van der Waals surface area contributed by atoms with Crippen LogP contribution in [0.1, 0.15) is 41.5 Å². The van der Waals surface area contributed by atoms with Crippen LogP contribution in [-0.4, -0.2) is 29.6 Å². The molecule has 1 aromatic carbocycles. The van der Waals surface area contributed by atoms with Crippen molar-refractivity contribution in [3.8, 4) is 5.69 Å². The van der Waals surface area contributed by atoms with Crippen molar-refractivity contribution in [2.24, 2.45) is 0 Å². The second kappa shape index (κ2) is 8.34. The number of esters is 1. The van der Waals surface area contributed by atoms with E-state index < -0.39 is 5.97 Å². The minimum absolute atomic E-state index is 0.250. The van der Waals surface area contributed by atoms with Gasteiger partial charge in [0.25, 0.3) is 5.91 Å². The molecule has 5 nitrogen and oxygen atoms in total. The van der Waals surface area contributed by atoms with E-state index >= 15 is 0 Å². The molecule has 1 aromatic heterocycles. The van der Waals surface area contributed by atoms with Crippen LogP contribution in [0.4, 0.5) is 0 Å². The van der Waals surface area contributed by atoms with E-state index in [0.29, 0.717) is 12.1 Å². The number of carbonyl (C=O) groups is 2. The maximum absolute atomic E-state index is 12.0. The van der Waals surface area contributed by atoms with Gasteiger partial charge in [-0.3, -0.25) is 4.79 Å². The van der Waals surface area contributed by atoms with Gasteiger partial charge in [-0.15, -0.1) is 0 Å². The second-order valence-electron chi connectivity index (χ2n) is 5.78. The molecule has 1 amide bonds. The first-order valence-electron chi connectivity index (χ1n) is 8.22. The number of hydrogen-bond donors (Lipinski definition) is 1. The molecule has 0 radical (unpaired) electrons. The maximum atomic E-state index is 12.0. The molecular formula is C19H24N2O3. The second-order valence-corrected chi connectivity index (χ2v) is 5.78. The number of carbonyl (C=O) groups excluding carboxylic acids is 2. The highest BCUT2D eigenvalue weighted by molar-refractivity contribution is 5.91. The van der Waals surface area contributed by atoms with Gasteiger partial charge in [0.15, 0.2) is 6.61 Å². The van der Waals surface area contributed by atoms with Gasteiger partial charge < -0.3 is 14.6 Å². The highest BCUT2D eigenvalue weighted by Crippen LogP contribution is 2.17. The molecule has 0 spiro atoms. The van der Waals surface area contributed by atoms with Crippen molar-refractivity contribution in [2.75, 3.05) is 13.2 Å². The van der Waals surface area contributed by atoms with Crippen LogP contribution in [0.15, 0.2) is 36.4 Å². The van der Waals surface area contributed by atoms with Crippen LogP contribution < -0.4 is 5.32 Å². The van der Waals surface area contributed by atoms with E-state index in [1.807, 2.05) is 32.9 Å². The number of rotatable bonds is 7. The van der Waals surface area contributed by atoms with Crippen molar-refractivity contribution < 1.29 is 14.3 Å². The van der Waals surface area contributed by atoms with Crippen LogP contribution in [0, 0.1) is 13.8 Å². The minimum atomic E-state index is -0.492. The van der Waals surface area contributed by atoms with Gasteiger partial charge in [-0.25, -0.2) is 4.79 Å². The van der Waals surface area contributed by atoms with Crippen molar-refractivity contribution in [1.82, 2.24) is 9.88 Å². The van der Waals surface area contributed by atoms with Crippen molar-refractivity contribution in [2.45, 2.75) is 33.6 Å². The Bertz CT molecular complexity index is 682. The molecule has 0 unspecified atom stereocenters. The predicted octanol–water partition coefficient (Wildman–Crippen LogP) is 3.17. The van der Waals surface area contributed by atoms with E-state index in [0.717, 1.165) is 29.9 Å². The average molecular weight is 328 g/mol. The molecule has 0 bridgehead atoms. The molecule has 1 N–H and O–H groups in total. The first kappa shape index (κ1) is 17.8. The lowest BCUT2D eigenvalue weighted by molar-refractivity contribution is -0.124. The SMILES string of the molecule is CCCCNC(=O)COC(=O)c1ccc(-n2c(C)ccc2C)cc1. The predicted molar refractivity (Wildman–Crippen MR) is 93.4 cm³/mol. The molecule has 0 saturated carbocycles. The highest BCUT2D eigenvalue weighted by Gasteiger charge is 2.11. The van der Waals surface area contributed by atoms with Gasteiger partial charge in [0.1, 0.15) is 0 Å². The molecule has 0 aliphatic rings. The molecule has 2 rings (SSSR count). The molecule has 1 heterocycles. The summed E-state index contributed by atoms with van der Waals surface area (Å²) in [6.45, 7) is 6.47. The Labute approximate surface area is 142 Å². The number of benzene rings is 1. The molecule has 0 saturated heterocycles. The third-order valence-corrected chi connectivity index (χ3v) is 3.82. The number of unbranched alkanes of at least 4 members (excludes halogenated alkanes) is 1. The summed E-state index contributed by atoms with van der Waals surface area (Å²) >= 11 is 0. The molecule has 24 heavy (non-hydrogen) atoms. The van der Waals surface area contributed by atoms with Crippen molar-refractivity contribution in [1.29, 1.82) is 0 Å². The summed E-state index contributed by atoms with van der Waals surface area (Å²) in [5.41, 5.74) is 3.68. The minimum Gasteiger partial charge on any atom is -0.452 e. The third kappa shape index (κ3) is 4.47. The van der Waals surface area contributed by atoms with Crippen molar-refractivity contribution in [3.63, 3.8) is 0 Å². The smallest absolute Gasteiger partial charge is 0.338 e. The Morgan fingerprint density at radius 3 is 2.25 bits per heavy atom. The summed E-state index contributed by atoms with van der Waals surface area (Å²) in [4.78, 5) is 23.5. The summed E-state index contributed by atoms with van der Waals surface area (Å²) in [6, 6.07) is 11.3. The fraction of sp³-hybridized carbons (Fsp3) is 0.368. The zero-order valence-corrected chi connectivity index (χ0v) is 14.5. The standard InChI is InChI=1S/C19H24N2O3/c1-4-5-12-20-18(22)13-24-19(23)16-8-10-17(11-9-16)21-14(2)6-7-15(21)3/h6-11H,4-5,12-13H2,1-3H3,(H,20,22). The van der Waals surface area contributed by atoms with Crippen molar-refractivity contribution in [3.05, 3.63) is 53.3 Å². The topological polar surface area (TPSA) is 60.3 Å². The molecule has 0 atom stereocenters. The fourth-order valence-corrected chi connectivity index (χ4v) is 2.49. The van der Waals surface area contributed by atoms with E-state index in [2.05, 4.69) is 22.0 Å². The first-order chi connectivity index (χ1) is 11.5. The lowest BCUT2D eigenvalue weighted by Gasteiger charge is -2.10. The van der Waals surface area contributed by atoms with Crippen LogP contribution in [0.25, 0.3) is 5.69 Å². The number of aryl methyl sites for hydroxylation is 2. The van der Waals surface area contributed by atoms with Crippen LogP contribution >= 0.6 is 0 Å². The largest absolute Gasteiger partial charge is 0.452 e. The average Bonchev–Trinajstić information content (AvgIpc) is 2.92. The number of aromatic nitrogens is 1. The summed E-state index contributed by atoms with van der Waals surface area (Å²) < 4.78 is 7.15. The number of hydrogen-bond acceptors (Lipinski definition) is 3. The summed E-state index contributed by atoms with van der Waals surface area (Å²) in [6.07, 6.45) is 1.92. The van der Waals surface area contributed by atoms with E-state index in [1.54, 1.807) is 12.1 Å². The van der Waals surface area contributed by atoms with E-state index in [4.69, 9.17) is 4.74 Å². The molecule has 0 aliphatic heterocycles. The Hall–Kier alpha value is -2.56. The lowest BCUT2D eigenvalue weighted by atomic mass is 10.2. The fourth-order valence-electron chi connectivity index (χ4n) is 2.49. The molecule has 128 valence electrons. The van der Waals surface area contributed by atoms with Gasteiger partial charge in [-0.1, -0.05) is 13.3 Å². The molecule has 2 aromatic rings. The van der Waals surface area contributed by atoms with Crippen LogP contribution in [-0.2, 0) is 9.53 Å². The van der Waals surface area contributed by atoms with Gasteiger partial charge >= 0.3 is 5.97 Å². The summed E-state index contributed by atoms with van der Waals surface area (Å²) in [5, 5.41) is 2.71. The zero-order chi connectivity index (χ0) is 17.5. The highest BCUT2D eigenvalue weighted by atomic mass is 16.5. The van der Waals surface area contributed by atoms with Crippen LogP contribution in [0.5, 0.6) is 0 Å². The maximum Gasteiger partial charge on any atom is 0.338 e. The third-order valence-electron chi connectivity index (χ3n) is 3.82. The summed E-state index contributed by atoms with van der Waals surface area (Å²) in [7, 11) is 0. The van der Waals surface area contributed by atoms with Gasteiger partial charge in [-0.05, 0) is 56.7 Å². The van der Waals surface area contributed by atoms with Crippen LogP contribution in [0.3, 0.4) is 0 Å².